The summed E-state index contributed by atoms with van der Waals surface area (Å²) in [6.45, 7) is 5.60. The number of nitrogens with one attached hydrogen (secondary N) is 1. The standard InChI is InChI=1S/C15H23NO4/c1-12(2)20-14-5-3-13(4-6-14)15(18)11-16-7-9-19-10-8-17/h3-6,12,16-17H,7-11H2,1-2H3. The summed E-state index contributed by atoms with van der Waals surface area (Å²) in [6.07, 6.45) is 0.122. The summed E-state index contributed by atoms with van der Waals surface area (Å²) in [5.41, 5.74) is 0.657. The Balaban J connectivity index is 2.29. The van der Waals surface area contributed by atoms with Crippen LogP contribution in [-0.2, 0) is 4.74 Å². The molecular formula is C15H23NO4. The van der Waals surface area contributed by atoms with Crippen molar-refractivity contribution < 1.29 is 19.4 Å². The number of hydrogen-bond donors (Lipinski definition) is 2. The van der Waals surface area contributed by atoms with Gasteiger partial charge >= 0.3 is 0 Å². The lowest BCUT2D eigenvalue weighted by Gasteiger charge is -2.10. The van der Waals surface area contributed by atoms with Crippen molar-refractivity contribution in [1.29, 1.82) is 0 Å². The summed E-state index contributed by atoms with van der Waals surface area (Å²) < 4.78 is 10.6. The Bertz CT molecular complexity index is 389. The van der Waals surface area contributed by atoms with Gasteiger partial charge in [-0.05, 0) is 38.1 Å². The van der Waals surface area contributed by atoms with E-state index in [1.165, 1.54) is 0 Å². The Labute approximate surface area is 119 Å². The van der Waals surface area contributed by atoms with E-state index >= 15 is 0 Å². The average molecular weight is 281 g/mol. The van der Waals surface area contributed by atoms with E-state index in [4.69, 9.17) is 14.6 Å². The Kier molecular flexibility index (Phi) is 7.87. The van der Waals surface area contributed by atoms with Gasteiger partial charge in [-0.2, -0.15) is 0 Å². The number of ether oxygens (including phenoxy) is 2. The van der Waals surface area contributed by atoms with Crippen molar-refractivity contribution in [3.8, 4) is 5.75 Å². The monoisotopic (exact) mass is 281 g/mol. The van der Waals surface area contributed by atoms with E-state index in [9.17, 15) is 4.79 Å². The first-order valence-corrected chi connectivity index (χ1v) is 6.82. The van der Waals surface area contributed by atoms with E-state index in [2.05, 4.69) is 5.32 Å². The van der Waals surface area contributed by atoms with Crippen LogP contribution in [0.5, 0.6) is 5.75 Å². The predicted molar refractivity (Wildman–Crippen MR) is 77.3 cm³/mol. The fraction of sp³-hybridized carbons (Fsp3) is 0.533. The van der Waals surface area contributed by atoms with Crippen molar-refractivity contribution in [3.05, 3.63) is 29.8 Å². The molecule has 0 unspecified atom stereocenters. The van der Waals surface area contributed by atoms with Crippen LogP contribution in [0.2, 0.25) is 0 Å². The summed E-state index contributed by atoms with van der Waals surface area (Å²) in [5.74, 6) is 0.796. The van der Waals surface area contributed by atoms with Crippen LogP contribution in [0.1, 0.15) is 24.2 Å². The molecule has 5 nitrogen and oxygen atoms in total. The lowest BCUT2D eigenvalue weighted by atomic mass is 10.1. The summed E-state index contributed by atoms with van der Waals surface area (Å²) in [4.78, 5) is 11.9. The Hall–Kier alpha value is -1.43. The third-order valence-corrected chi connectivity index (χ3v) is 2.49. The van der Waals surface area contributed by atoms with E-state index in [-0.39, 0.29) is 25.0 Å². The van der Waals surface area contributed by atoms with Gasteiger partial charge in [0.05, 0.1) is 32.5 Å². The molecular weight excluding hydrogens is 258 g/mol. The summed E-state index contributed by atoms with van der Waals surface area (Å²) >= 11 is 0. The molecule has 0 heterocycles. The van der Waals surface area contributed by atoms with Gasteiger partial charge in [-0.25, -0.2) is 0 Å². The van der Waals surface area contributed by atoms with E-state index < -0.39 is 0 Å². The molecule has 0 aliphatic carbocycles. The lowest BCUT2D eigenvalue weighted by molar-refractivity contribution is 0.0906. The highest BCUT2D eigenvalue weighted by Crippen LogP contribution is 2.13. The molecule has 0 spiro atoms. The van der Waals surface area contributed by atoms with Crippen molar-refractivity contribution in [1.82, 2.24) is 5.32 Å². The number of Topliss-reactive ketones (excluding diaryl/α,β-unsaturated/α-hetero) is 1. The van der Waals surface area contributed by atoms with Gasteiger partial charge in [0.25, 0.3) is 0 Å². The number of ketones is 1. The minimum Gasteiger partial charge on any atom is -0.491 e. The van der Waals surface area contributed by atoms with E-state index in [0.29, 0.717) is 25.3 Å². The Morgan fingerprint density at radius 2 is 1.95 bits per heavy atom. The van der Waals surface area contributed by atoms with Gasteiger partial charge in [-0.1, -0.05) is 0 Å². The molecule has 0 radical (unpaired) electrons. The average Bonchev–Trinajstić information content (AvgIpc) is 2.42. The van der Waals surface area contributed by atoms with Gasteiger partial charge in [0.2, 0.25) is 0 Å². The first kappa shape index (κ1) is 16.6. The molecule has 0 atom stereocenters. The number of rotatable bonds is 10. The first-order chi connectivity index (χ1) is 9.63. The van der Waals surface area contributed by atoms with Gasteiger partial charge in [0.1, 0.15) is 5.75 Å². The van der Waals surface area contributed by atoms with Gasteiger partial charge in [0.15, 0.2) is 5.78 Å². The quantitative estimate of drug-likeness (QED) is 0.499. The summed E-state index contributed by atoms with van der Waals surface area (Å²) in [5, 5.41) is 11.5. The minimum atomic E-state index is 0.0176. The highest BCUT2D eigenvalue weighted by atomic mass is 16.5. The van der Waals surface area contributed by atoms with Crippen LogP contribution >= 0.6 is 0 Å². The number of benzene rings is 1. The summed E-state index contributed by atoms with van der Waals surface area (Å²) in [7, 11) is 0. The zero-order valence-electron chi connectivity index (χ0n) is 12.1. The van der Waals surface area contributed by atoms with Crippen LogP contribution in [0.3, 0.4) is 0 Å². The molecule has 0 fully saturated rings. The fourth-order valence-electron chi connectivity index (χ4n) is 1.61. The van der Waals surface area contributed by atoms with E-state index in [1.807, 2.05) is 13.8 Å². The highest BCUT2D eigenvalue weighted by molar-refractivity contribution is 5.97. The van der Waals surface area contributed by atoms with E-state index in [1.54, 1.807) is 24.3 Å². The third-order valence-electron chi connectivity index (χ3n) is 2.49. The van der Waals surface area contributed by atoms with Gasteiger partial charge < -0.3 is 19.9 Å². The Morgan fingerprint density at radius 3 is 2.55 bits per heavy atom. The zero-order valence-corrected chi connectivity index (χ0v) is 12.1. The van der Waals surface area contributed by atoms with Gasteiger partial charge in [0, 0.05) is 12.1 Å². The molecule has 1 rings (SSSR count). The highest BCUT2D eigenvalue weighted by Gasteiger charge is 2.05. The molecule has 0 aliphatic rings. The lowest BCUT2D eigenvalue weighted by Crippen LogP contribution is -2.26. The zero-order chi connectivity index (χ0) is 14.8. The predicted octanol–water partition coefficient (Wildman–Crippen LogP) is 1.25. The van der Waals surface area contributed by atoms with Crippen LogP contribution in [0.15, 0.2) is 24.3 Å². The molecule has 0 aliphatic heterocycles. The van der Waals surface area contributed by atoms with Crippen LogP contribution in [0, 0.1) is 0 Å². The fourth-order valence-corrected chi connectivity index (χ4v) is 1.61. The second-order valence-corrected chi connectivity index (χ2v) is 4.63. The molecule has 0 aromatic heterocycles. The number of aliphatic hydroxyl groups is 1. The second kappa shape index (κ2) is 9.47. The van der Waals surface area contributed by atoms with Crippen molar-refractivity contribution in [3.63, 3.8) is 0 Å². The SMILES string of the molecule is CC(C)Oc1ccc(C(=O)CNCCOCCO)cc1. The third kappa shape index (κ3) is 6.65. The number of aliphatic hydroxyl groups excluding tert-OH is 1. The topological polar surface area (TPSA) is 67.8 Å². The molecule has 5 heteroatoms. The van der Waals surface area contributed by atoms with Gasteiger partial charge in [-0.15, -0.1) is 0 Å². The molecule has 20 heavy (non-hydrogen) atoms. The van der Waals surface area contributed by atoms with Crippen LogP contribution < -0.4 is 10.1 Å². The second-order valence-electron chi connectivity index (χ2n) is 4.63. The maximum Gasteiger partial charge on any atom is 0.176 e. The smallest absolute Gasteiger partial charge is 0.176 e. The molecule has 1 aromatic rings. The maximum absolute atomic E-state index is 11.9. The largest absolute Gasteiger partial charge is 0.491 e. The normalized spacial score (nSPS) is 10.8. The van der Waals surface area contributed by atoms with Crippen LogP contribution in [0.25, 0.3) is 0 Å². The minimum absolute atomic E-state index is 0.0176. The molecule has 1 aromatic carbocycles. The molecule has 0 saturated carbocycles. The first-order valence-electron chi connectivity index (χ1n) is 6.82. The summed E-state index contributed by atoms with van der Waals surface area (Å²) in [6, 6.07) is 7.14. The maximum atomic E-state index is 11.9. The molecule has 0 saturated heterocycles. The molecule has 112 valence electrons. The molecule has 2 N–H and O–H groups in total. The van der Waals surface area contributed by atoms with Gasteiger partial charge in [-0.3, -0.25) is 4.79 Å². The van der Waals surface area contributed by atoms with E-state index in [0.717, 1.165) is 5.75 Å². The van der Waals surface area contributed by atoms with Crippen molar-refractivity contribution in [2.75, 3.05) is 32.9 Å². The Morgan fingerprint density at radius 1 is 1.25 bits per heavy atom. The van der Waals surface area contributed by atoms with Crippen LogP contribution in [-0.4, -0.2) is 49.9 Å². The van der Waals surface area contributed by atoms with Crippen molar-refractivity contribution in [2.24, 2.45) is 0 Å². The number of carbonyl (C=O) groups excluding carboxylic acids is 1. The van der Waals surface area contributed by atoms with Crippen molar-refractivity contribution >= 4 is 5.78 Å². The van der Waals surface area contributed by atoms with Crippen molar-refractivity contribution in [2.45, 2.75) is 20.0 Å². The number of carbonyl (C=O) groups is 1. The molecule has 0 bridgehead atoms. The van der Waals surface area contributed by atoms with Crippen LogP contribution in [0.4, 0.5) is 0 Å². The molecule has 0 amide bonds. The number of hydrogen-bond acceptors (Lipinski definition) is 5.